The Morgan fingerprint density at radius 1 is 1.38 bits per heavy atom. The number of methoxy groups -OCH3 is 1. The summed E-state index contributed by atoms with van der Waals surface area (Å²) in [5.41, 5.74) is 3.91. The highest BCUT2D eigenvalue weighted by Crippen LogP contribution is 2.20. The van der Waals surface area contributed by atoms with Crippen molar-refractivity contribution in [2.75, 3.05) is 39.3 Å². The third-order valence-corrected chi connectivity index (χ3v) is 2.64. The van der Waals surface area contributed by atoms with Crippen molar-refractivity contribution in [1.82, 2.24) is 5.32 Å². The summed E-state index contributed by atoms with van der Waals surface area (Å²) < 4.78 is 5.10. The van der Waals surface area contributed by atoms with Gasteiger partial charge in [-0.1, -0.05) is 17.7 Å². The molecule has 0 unspecified atom stereocenters. The summed E-state index contributed by atoms with van der Waals surface area (Å²) in [6.07, 6.45) is 0. The van der Waals surface area contributed by atoms with E-state index in [0.717, 1.165) is 19.7 Å². The Bertz CT molecular complexity index is 326. The minimum absolute atomic E-state index is 0.753. The summed E-state index contributed by atoms with van der Waals surface area (Å²) in [7, 11) is 5.81. The Balaban J connectivity index is 2.84. The van der Waals surface area contributed by atoms with Gasteiger partial charge in [-0.2, -0.15) is 0 Å². The third-order valence-electron chi connectivity index (χ3n) is 2.64. The lowest BCUT2D eigenvalue weighted by atomic mass is 10.1. The molecule has 0 spiro atoms. The van der Waals surface area contributed by atoms with Gasteiger partial charge in [-0.25, -0.2) is 0 Å². The van der Waals surface area contributed by atoms with Crippen LogP contribution < -0.4 is 10.2 Å². The van der Waals surface area contributed by atoms with Gasteiger partial charge in [-0.05, 0) is 25.6 Å². The largest absolute Gasteiger partial charge is 0.383 e. The van der Waals surface area contributed by atoms with E-state index >= 15 is 0 Å². The molecule has 0 radical (unpaired) electrons. The lowest BCUT2D eigenvalue weighted by Gasteiger charge is -2.22. The highest BCUT2D eigenvalue weighted by molar-refractivity contribution is 5.54. The van der Waals surface area contributed by atoms with Gasteiger partial charge in [0.05, 0.1) is 6.61 Å². The molecule has 0 aliphatic carbocycles. The summed E-state index contributed by atoms with van der Waals surface area (Å²) in [6.45, 7) is 4.69. The number of ether oxygens (including phenoxy) is 1. The number of likely N-dealkylation sites (N-methyl/N-ethyl adjacent to an activating group) is 1. The molecule has 3 heteroatoms. The van der Waals surface area contributed by atoms with Crippen LogP contribution >= 0.6 is 0 Å². The monoisotopic (exact) mass is 222 g/mol. The number of hydrogen-bond donors (Lipinski definition) is 1. The minimum Gasteiger partial charge on any atom is -0.383 e. The van der Waals surface area contributed by atoms with Gasteiger partial charge in [0.1, 0.15) is 0 Å². The first-order chi connectivity index (χ1) is 7.69. The van der Waals surface area contributed by atoms with E-state index in [0.29, 0.717) is 0 Å². The number of benzene rings is 1. The van der Waals surface area contributed by atoms with Crippen molar-refractivity contribution in [3.63, 3.8) is 0 Å². The fourth-order valence-corrected chi connectivity index (χ4v) is 1.77. The van der Waals surface area contributed by atoms with E-state index in [1.165, 1.54) is 16.8 Å². The van der Waals surface area contributed by atoms with Crippen molar-refractivity contribution in [1.29, 1.82) is 0 Å². The molecule has 16 heavy (non-hydrogen) atoms. The van der Waals surface area contributed by atoms with Gasteiger partial charge >= 0.3 is 0 Å². The fraction of sp³-hybridized carbons (Fsp3) is 0.538. The van der Waals surface area contributed by atoms with Crippen LogP contribution in [0.5, 0.6) is 0 Å². The van der Waals surface area contributed by atoms with Crippen LogP contribution in [0.3, 0.4) is 0 Å². The molecule has 1 aromatic carbocycles. The number of nitrogens with zero attached hydrogens (tertiary/aromatic N) is 1. The van der Waals surface area contributed by atoms with E-state index in [1.54, 1.807) is 7.11 Å². The van der Waals surface area contributed by atoms with E-state index in [4.69, 9.17) is 4.74 Å². The summed E-state index contributed by atoms with van der Waals surface area (Å²) in [5, 5.41) is 3.20. The highest BCUT2D eigenvalue weighted by atomic mass is 16.5. The van der Waals surface area contributed by atoms with E-state index in [1.807, 2.05) is 7.05 Å². The molecule has 3 nitrogen and oxygen atoms in total. The second-order valence-electron chi connectivity index (χ2n) is 4.08. The molecule has 0 saturated carbocycles. The van der Waals surface area contributed by atoms with Crippen molar-refractivity contribution < 1.29 is 4.74 Å². The SMILES string of the molecule is CNCc1cc(C)ccc1N(C)CCOC. The summed E-state index contributed by atoms with van der Waals surface area (Å²) in [6, 6.07) is 6.56. The molecule has 1 rings (SSSR count). The molecule has 0 bridgehead atoms. The number of hydrogen-bond acceptors (Lipinski definition) is 3. The first-order valence-electron chi connectivity index (χ1n) is 5.63. The van der Waals surface area contributed by atoms with Gasteiger partial charge in [-0.3, -0.25) is 0 Å². The van der Waals surface area contributed by atoms with Gasteiger partial charge in [0, 0.05) is 32.9 Å². The number of anilines is 1. The molecular weight excluding hydrogens is 200 g/mol. The summed E-state index contributed by atoms with van der Waals surface area (Å²) >= 11 is 0. The Kier molecular flexibility index (Phi) is 5.29. The van der Waals surface area contributed by atoms with Crippen LogP contribution in [0.1, 0.15) is 11.1 Å². The first-order valence-corrected chi connectivity index (χ1v) is 5.63. The number of nitrogens with one attached hydrogen (secondary N) is 1. The lowest BCUT2D eigenvalue weighted by Crippen LogP contribution is -2.24. The first kappa shape index (κ1) is 13.0. The third kappa shape index (κ3) is 3.51. The van der Waals surface area contributed by atoms with Crippen molar-refractivity contribution >= 4 is 5.69 Å². The van der Waals surface area contributed by atoms with Crippen molar-refractivity contribution in [2.24, 2.45) is 0 Å². The van der Waals surface area contributed by atoms with Gasteiger partial charge in [0.2, 0.25) is 0 Å². The van der Waals surface area contributed by atoms with Gasteiger partial charge in [0.25, 0.3) is 0 Å². The maximum atomic E-state index is 5.10. The number of rotatable bonds is 6. The molecule has 0 aliphatic rings. The standard InChI is InChI=1S/C13H22N2O/c1-11-5-6-13(12(9-11)10-14-2)15(3)7-8-16-4/h5-6,9,14H,7-8,10H2,1-4H3. The van der Waals surface area contributed by atoms with Crippen LogP contribution in [0.2, 0.25) is 0 Å². The molecule has 0 aliphatic heterocycles. The molecule has 0 atom stereocenters. The van der Waals surface area contributed by atoms with Gasteiger partial charge in [-0.15, -0.1) is 0 Å². The predicted molar refractivity (Wildman–Crippen MR) is 69.1 cm³/mol. The molecular formula is C13H22N2O. The Morgan fingerprint density at radius 2 is 2.12 bits per heavy atom. The van der Waals surface area contributed by atoms with Crippen molar-refractivity contribution in [3.05, 3.63) is 29.3 Å². The van der Waals surface area contributed by atoms with Crippen LogP contribution in [0.25, 0.3) is 0 Å². The number of aryl methyl sites for hydroxylation is 1. The second-order valence-corrected chi connectivity index (χ2v) is 4.08. The molecule has 1 aromatic rings. The average Bonchev–Trinajstić information content (AvgIpc) is 2.26. The van der Waals surface area contributed by atoms with Crippen molar-refractivity contribution in [3.8, 4) is 0 Å². The quantitative estimate of drug-likeness (QED) is 0.794. The molecule has 0 fully saturated rings. The van der Waals surface area contributed by atoms with Crippen molar-refractivity contribution in [2.45, 2.75) is 13.5 Å². The van der Waals surface area contributed by atoms with Crippen LogP contribution in [0, 0.1) is 6.92 Å². The predicted octanol–water partition coefficient (Wildman–Crippen LogP) is 1.80. The molecule has 0 aromatic heterocycles. The van der Waals surface area contributed by atoms with Gasteiger partial charge < -0.3 is 15.0 Å². The average molecular weight is 222 g/mol. The maximum Gasteiger partial charge on any atom is 0.0637 e. The smallest absolute Gasteiger partial charge is 0.0637 e. The normalized spacial score (nSPS) is 10.5. The Labute approximate surface area is 98.4 Å². The maximum absolute atomic E-state index is 5.10. The van der Waals surface area contributed by atoms with Crippen LogP contribution in [-0.4, -0.2) is 34.4 Å². The van der Waals surface area contributed by atoms with Crippen LogP contribution in [0.4, 0.5) is 5.69 Å². The summed E-state index contributed by atoms with van der Waals surface area (Å²) in [5.74, 6) is 0. The van der Waals surface area contributed by atoms with Crippen LogP contribution in [0.15, 0.2) is 18.2 Å². The molecule has 0 amide bonds. The highest BCUT2D eigenvalue weighted by Gasteiger charge is 2.06. The zero-order valence-electron chi connectivity index (χ0n) is 10.7. The molecule has 0 heterocycles. The minimum atomic E-state index is 0.753. The second kappa shape index (κ2) is 6.51. The zero-order chi connectivity index (χ0) is 12.0. The lowest BCUT2D eigenvalue weighted by molar-refractivity contribution is 0.206. The van der Waals surface area contributed by atoms with E-state index in [-0.39, 0.29) is 0 Å². The zero-order valence-corrected chi connectivity index (χ0v) is 10.7. The fourth-order valence-electron chi connectivity index (χ4n) is 1.77. The molecule has 0 saturated heterocycles. The van der Waals surface area contributed by atoms with E-state index < -0.39 is 0 Å². The van der Waals surface area contributed by atoms with E-state index in [9.17, 15) is 0 Å². The molecule has 1 N–H and O–H groups in total. The Hall–Kier alpha value is -1.06. The van der Waals surface area contributed by atoms with Gasteiger partial charge in [0.15, 0.2) is 0 Å². The van der Waals surface area contributed by atoms with Crippen LogP contribution in [-0.2, 0) is 11.3 Å². The Morgan fingerprint density at radius 3 is 2.75 bits per heavy atom. The topological polar surface area (TPSA) is 24.5 Å². The van der Waals surface area contributed by atoms with E-state index in [2.05, 4.69) is 42.4 Å². The summed E-state index contributed by atoms with van der Waals surface area (Å²) in [4.78, 5) is 2.23. The molecule has 90 valence electrons.